The smallest absolute Gasteiger partial charge is 0.160 e. The van der Waals surface area contributed by atoms with E-state index in [4.69, 9.17) is 11.6 Å². The van der Waals surface area contributed by atoms with Crippen molar-refractivity contribution in [2.75, 3.05) is 11.6 Å². The van der Waals surface area contributed by atoms with Crippen LogP contribution in [0, 0.1) is 11.8 Å². The van der Waals surface area contributed by atoms with E-state index in [0.717, 1.165) is 6.42 Å². The third-order valence-electron chi connectivity index (χ3n) is 1.81. The van der Waals surface area contributed by atoms with Crippen LogP contribution in [-0.4, -0.2) is 17.1 Å². The summed E-state index contributed by atoms with van der Waals surface area (Å²) < 4.78 is 35.4. The van der Waals surface area contributed by atoms with Crippen LogP contribution >= 0.6 is 23.4 Å². The quantitative estimate of drug-likeness (QED) is 0.623. The van der Waals surface area contributed by atoms with E-state index in [-0.39, 0.29) is 23.4 Å². The molecule has 0 saturated heterocycles. The summed E-state index contributed by atoms with van der Waals surface area (Å²) in [6, 6.07) is 0. The van der Waals surface area contributed by atoms with Gasteiger partial charge in [-0.1, -0.05) is 25.6 Å². The number of thioether (sulfide) groups is 1. The first-order valence-corrected chi connectivity index (χ1v) is 6.13. The lowest BCUT2D eigenvalue weighted by atomic mass is 9.97. The van der Waals surface area contributed by atoms with E-state index in [9.17, 15) is 13.2 Å². The highest BCUT2D eigenvalue weighted by Crippen LogP contribution is 2.32. The average molecular weight is 249 g/mol. The molecule has 5 heteroatoms. The molecule has 0 fully saturated rings. The Labute approximate surface area is 92.6 Å². The minimum atomic E-state index is -4.10. The summed E-state index contributed by atoms with van der Waals surface area (Å²) in [5.41, 5.74) is -4.10. The lowest BCUT2D eigenvalue weighted by Gasteiger charge is -2.16. The molecule has 1 atom stereocenters. The summed E-state index contributed by atoms with van der Waals surface area (Å²) in [6.07, 6.45) is 1.45. The molecule has 0 aliphatic heterocycles. The van der Waals surface area contributed by atoms with E-state index in [1.54, 1.807) is 0 Å². The van der Waals surface area contributed by atoms with Gasteiger partial charge in [-0.15, -0.1) is 11.6 Å². The van der Waals surface area contributed by atoms with Gasteiger partial charge < -0.3 is 0 Å². The van der Waals surface area contributed by atoms with Gasteiger partial charge in [-0.05, 0) is 24.7 Å². The number of hydrogen-bond acceptors (Lipinski definition) is 1. The van der Waals surface area contributed by atoms with Crippen LogP contribution in [0.15, 0.2) is 0 Å². The van der Waals surface area contributed by atoms with Crippen LogP contribution < -0.4 is 0 Å². The summed E-state index contributed by atoms with van der Waals surface area (Å²) in [5.74, 6) is 1.28. The maximum atomic E-state index is 11.8. The van der Waals surface area contributed by atoms with Crippen molar-refractivity contribution in [2.24, 2.45) is 11.8 Å². The highest BCUT2D eigenvalue weighted by molar-refractivity contribution is 8.00. The third kappa shape index (κ3) is 9.00. The Balaban J connectivity index is 3.63. The van der Waals surface area contributed by atoms with Crippen molar-refractivity contribution in [3.63, 3.8) is 0 Å². The first-order valence-electron chi connectivity index (χ1n) is 4.61. The zero-order valence-electron chi connectivity index (χ0n) is 8.40. The molecule has 0 aliphatic carbocycles. The van der Waals surface area contributed by atoms with Gasteiger partial charge in [-0.2, -0.15) is 13.2 Å². The molecule has 0 amide bonds. The molecule has 0 heterocycles. The van der Waals surface area contributed by atoms with Crippen LogP contribution in [-0.2, 0) is 0 Å². The molecule has 1 unspecified atom stereocenters. The van der Waals surface area contributed by atoms with Crippen LogP contribution in [0.5, 0.6) is 0 Å². The molecule has 0 aromatic carbocycles. The molecule has 0 N–H and O–H groups in total. The van der Waals surface area contributed by atoms with Crippen molar-refractivity contribution in [2.45, 2.75) is 32.2 Å². The van der Waals surface area contributed by atoms with Gasteiger partial charge in [0.2, 0.25) is 0 Å². The maximum absolute atomic E-state index is 11.8. The highest BCUT2D eigenvalue weighted by atomic mass is 35.5. The van der Waals surface area contributed by atoms with Gasteiger partial charge in [0.15, 0.2) is 0 Å². The molecule has 0 radical (unpaired) electrons. The Morgan fingerprint density at radius 1 is 1.29 bits per heavy atom. The van der Waals surface area contributed by atoms with Crippen LogP contribution in [0.25, 0.3) is 0 Å². The second-order valence-corrected chi connectivity index (χ2v) is 5.20. The topological polar surface area (TPSA) is 0 Å². The molecule has 0 aliphatic rings. The van der Waals surface area contributed by atoms with Crippen molar-refractivity contribution in [3.05, 3.63) is 0 Å². The molecule has 14 heavy (non-hydrogen) atoms. The zero-order chi connectivity index (χ0) is 11.2. The number of halogens is 4. The van der Waals surface area contributed by atoms with Crippen molar-refractivity contribution in [1.82, 2.24) is 0 Å². The van der Waals surface area contributed by atoms with E-state index < -0.39 is 5.51 Å². The first-order chi connectivity index (χ1) is 6.35. The Hall–Kier alpha value is 0.430. The molecule has 0 rings (SSSR count). The normalized spacial score (nSPS) is 14.8. The predicted molar refractivity (Wildman–Crippen MR) is 56.8 cm³/mol. The maximum Gasteiger partial charge on any atom is 0.441 e. The van der Waals surface area contributed by atoms with E-state index in [2.05, 4.69) is 13.8 Å². The van der Waals surface area contributed by atoms with Crippen LogP contribution in [0.1, 0.15) is 26.7 Å². The third-order valence-corrected chi connectivity index (χ3v) is 3.02. The summed E-state index contributed by atoms with van der Waals surface area (Å²) in [7, 11) is 0. The Kier molecular flexibility index (Phi) is 7.04. The van der Waals surface area contributed by atoms with Gasteiger partial charge in [0.25, 0.3) is 0 Å². The lowest BCUT2D eigenvalue weighted by molar-refractivity contribution is -0.0328. The minimum absolute atomic E-state index is 0.0457. The number of alkyl halides is 4. The average Bonchev–Trinajstić information content (AvgIpc) is 1.99. The molecule has 0 bridgehead atoms. The molecular weight excluding hydrogens is 233 g/mol. The molecule has 0 saturated carbocycles. The van der Waals surface area contributed by atoms with Gasteiger partial charge >= 0.3 is 5.51 Å². The zero-order valence-corrected chi connectivity index (χ0v) is 9.98. The van der Waals surface area contributed by atoms with Gasteiger partial charge in [-0.3, -0.25) is 0 Å². The summed E-state index contributed by atoms with van der Waals surface area (Å²) in [4.78, 5) is 0. The van der Waals surface area contributed by atoms with E-state index in [1.165, 1.54) is 0 Å². The first kappa shape index (κ1) is 14.4. The SMILES string of the molecule is CC(C)CC(CCl)CCSC(F)(F)F. The van der Waals surface area contributed by atoms with Gasteiger partial charge in [0, 0.05) is 11.6 Å². The number of hydrogen-bond donors (Lipinski definition) is 0. The molecule has 0 nitrogen and oxygen atoms in total. The van der Waals surface area contributed by atoms with Crippen molar-refractivity contribution >= 4 is 23.4 Å². The summed E-state index contributed by atoms with van der Waals surface area (Å²) in [6.45, 7) is 4.10. The predicted octanol–water partition coefficient (Wildman–Crippen LogP) is 4.53. The Bertz CT molecular complexity index is 147. The number of rotatable bonds is 6. The fourth-order valence-electron chi connectivity index (χ4n) is 1.27. The molecular formula is C9H16ClF3S. The van der Waals surface area contributed by atoms with Crippen LogP contribution in [0.3, 0.4) is 0 Å². The summed E-state index contributed by atoms with van der Waals surface area (Å²) in [5, 5.41) is 0. The van der Waals surface area contributed by atoms with Gasteiger partial charge in [0.05, 0.1) is 0 Å². The molecule has 86 valence electrons. The molecule has 0 aromatic rings. The van der Waals surface area contributed by atoms with E-state index >= 15 is 0 Å². The second-order valence-electron chi connectivity index (χ2n) is 3.73. The van der Waals surface area contributed by atoms with Crippen molar-refractivity contribution in [3.8, 4) is 0 Å². The largest absolute Gasteiger partial charge is 0.441 e. The van der Waals surface area contributed by atoms with Crippen LogP contribution in [0.2, 0.25) is 0 Å². The molecule has 0 spiro atoms. The van der Waals surface area contributed by atoms with E-state index in [0.29, 0.717) is 18.2 Å². The lowest BCUT2D eigenvalue weighted by Crippen LogP contribution is -2.10. The molecule has 0 aromatic heterocycles. The monoisotopic (exact) mass is 248 g/mol. The van der Waals surface area contributed by atoms with Gasteiger partial charge in [0.1, 0.15) is 0 Å². The fraction of sp³-hybridized carbons (Fsp3) is 1.00. The minimum Gasteiger partial charge on any atom is -0.160 e. The van der Waals surface area contributed by atoms with Crippen molar-refractivity contribution in [1.29, 1.82) is 0 Å². The fourth-order valence-corrected chi connectivity index (χ4v) is 2.23. The van der Waals surface area contributed by atoms with Gasteiger partial charge in [-0.25, -0.2) is 0 Å². The standard InChI is InChI=1S/C9H16ClF3S/c1-7(2)5-8(6-10)3-4-14-9(11,12)13/h7-8H,3-6H2,1-2H3. The van der Waals surface area contributed by atoms with Crippen LogP contribution in [0.4, 0.5) is 13.2 Å². The highest BCUT2D eigenvalue weighted by Gasteiger charge is 2.28. The Morgan fingerprint density at radius 2 is 1.86 bits per heavy atom. The summed E-state index contributed by atoms with van der Waals surface area (Å²) >= 11 is 5.72. The van der Waals surface area contributed by atoms with Crippen molar-refractivity contribution < 1.29 is 13.2 Å². The second kappa shape index (κ2) is 6.83. The Morgan fingerprint density at radius 3 is 2.21 bits per heavy atom. The van der Waals surface area contributed by atoms with E-state index in [1.807, 2.05) is 0 Å².